The SMILES string of the molecule is Cn1nnc(CC(N)C2CCCOC2)n1. The molecule has 1 aromatic heterocycles. The van der Waals surface area contributed by atoms with E-state index in [0.29, 0.717) is 12.3 Å². The normalized spacial score (nSPS) is 24.0. The van der Waals surface area contributed by atoms with E-state index in [1.54, 1.807) is 7.05 Å². The molecule has 1 aromatic rings. The van der Waals surface area contributed by atoms with Gasteiger partial charge in [0.05, 0.1) is 13.7 Å². The molecule has 2 rings (SSSR count). The second-order valence-corrected chi connectivity index (χ2v) is 4.04. The lowest BCUT2D eigenvalue weighted by molar-refractivity contribution is 0.0447. The lowest BCUT2D eigenvalue weighted by Gasteiger charge is -2.26. The van der Waals surface area contributed by atoms with Gasteiger partial charge in [0.1, 0.15) is 0 Å². The van der Waals surface area contributed by atoms with Crippen molar-refractivity contribution in [1.82, 2.24) is 20.2 Å². The van der Waals surface area contributed by atoms with Crippen LogP contribution in [-0.2, 0) is 18.2 Å². The van der Waals surface area contributed by atoms with E-state index in [4.69, 9.17) is 10.5 Å². The minimum Gasteiger partial charge on any atom is -0.381 e. The number of nitrogens with two attached hydrogens (primary N) is 1. The van der Waals surface area contributed by atoms with Crippen LogP contribution in [-0.4, -0.2) is 39.5 Å². The van der Waals surface area contributed by atoms with E-state index in [1.807, 2.05) is 0 Å². The largest absolute Gasteiger partial charge is 0.381 e. The van der Waals surface area contributed by atoms with Crippen LogP contribution < -0.4 is 5.73 Å². The summed E-state index contributed by atoms with van der Waals surface area (Å²) in [5.41, 5.74) is 6.09. The molecule has 0 aromatic carbocycles. The second-order valence-electron chi connectivity index (χ2n) is 4.04. The fourth-order valence-electron chi connectivity index (χ4n) is 1.89. The Balaban J connectivity index is 1.88. The Morgan fingerprint density at radius 2 is 2.53 bits per heavy atom. The van der Waals surface area contributed by atoms with Crippen LogP contribution in [0.5, 0.6) is 0 Å². The standard InChI is InChI=1S/C9H17N5O/c1-14-12-9(11-13-14)5-8(10)7-3-2-4-15-6-7/h7-8H,2-6,10H2,1H3. The fraction of sp³-hybridized carbons (Fsp3) is 0.889. The van der Waals surface area contributed by atoms with Crippen LogP contribution in [0.15, 0.2) is 0 Å². The number of tetrazole rings is 1. The summed E-state index contributed by atoms with van der Waals surface area (Å²) in [6, 6.07) is 0.0782. The summed E-state index contributed by atoms with van der Waals surface area (Å²) in [6.45, 7) is 1.63. The van der Waals surface area contributed by atoms with Crippen LogP contribution in [0, 0.1) is 5.92 Å². The predicted molar refractivity (Wildman–Crippen MR) is 54.0 cm³/mol. The number of ether oxygens (including phenoxy) is 1. The van der Waals surface area contributed by atoms with Crippen molar-refractivity contribution in [2.75, 3.05) is 13.2 Å². The van der Waals surface area contributed by atoms with E-state index in [0.717, 1.165) is 31.9 Å². The quantitative estimate of drug-likeness (QED) is 0.729. The Hall–Kier alpha value is -1.01. The summed E-state index contributed by atoms with van der Waals surface area (Å²) in [4.78, 5) is 1.46. The van der Waals surface area contributed by atoms with Gasteiger partial charge in [-0.25, -0.2) is 0 Å². The molecule has 6 nitrogen and oxygen atoms in total. The maximum atomic E-state index is 6.09. The maximum absolute atomic E-state index is 6.09. The molecule has 2 atom stereocenters. The molecule has 1 aliphatic rings. The van der Waals surface area contributed by atoms with Crippen LogP contribution in [0.4, 0.5) is 0 Å². The summed E-state index contributed by atoms with van der Waals surface area (Å²) >= 11 is 0. The van der Waals surface area contributed by atoms with Gasteiger partial charge in [-0.15, -0.1) is 10.2 Å². The number of hydrogen-bond acceptors (Lipinski definition) is 5. The van der Waals surface area contributed by atoms with Crippen molar-refractivity contribution < 1.29 is 4.74 Å². The van der Waals surface area contributed by atoms with Crippen molar-refractivity contribution in [3.63, 3.8) is 0 Å². The van der Waals surface area contributed by atoms with Gasteiger partial charge < -0.3 is 10.5 Å². The van der Waals surface area contributed by atoms with Crippen molar-refractivity contribution in [2.45, 2.75) is 25.3 Å². The molecule has 2 heterocycles. The highest BCUT2D eigenvalue weighted by Crippen LogP contribution is 2.17. The Bertz CT molecular complexity index is 307. The first-order chi connectivity index (χ1) is 7.25. The molecular formula is C9H17N5O. The van der Waals surface area contributed by atoms with Crippen molar-refractivity contribution in [2.24, 2.45) is 18.7 Å². The first-order valence-corrected chi connectivity index (χ1v) is 5.32. The smallest absolute Gasteiger partial charge is 0.176 e. The van der Waals surface area contributed by atoms with Gasteiger partial charge >= 0.3 is 0 Å². The van der Waals surface area contributed by atoms with E-state index >= 15 is 0 Å². The van der Waals surface area contributed by atoms with Crippen molar-refractivity contribution in [3.8, 4) is 0 Å². The molecule has 0 spiro atoms. The molecule has 0 aliphatic carbocycles. The number of nitrogens with zero attached hydrogens (tertiary/aromatic N) is 4. The zero-order valence-corrected chi connectivity index (χ0v) is 8.96. The highest BCUT2D eigenvalue weighted by molar-refractivity contribution is 4.87. The third-order valence-corrected chi connectivity index (χ3v) is 2.77. The Kier molecular flexibility index (Phi) is 3.27. The minimum atomic E-state index is 0.0782. The van der Waals surface area contributed by atoms with Gasteiger partial charge in [-0.05, 0) is 24.0 Å². The van der Waals surface area contributed by atoms with Gasteiger partial charge in [0, 0.05) is 19.1 Å². The Morgan fingerprint density at radius 1 is 1.67 bits per heavy atom. The molecule has 2 N–H and O–H groups in total. The zero-order chi connectivity index (χ0) is 10.7. The fourth-order valence-corrected chi connectivity index (χ4v) is 1.89. The van der Waals surface area contributed by atoms with Gasteiger partial charge in [-0.2, -0.15) is 4.80 Å². The Morgan fingerprint density at radius 3 is 3.13 bits per heavy atom. The summed E-state index contributed by atoms with van der Waals surface area (Å²) in [5, 5.41) is 11.8. The summed E-state index contributed by atoms with van der Waals surface area (Å²) in [5.74, 6) is 1.15. The van der Waals surface area contributed by atoms with Crippen molar-refractivity contribution in [1.29, 1.82) is 0 Å². The molecule has 0 radical (unpaired) electrons. The van der Waals surface area contributed by atoms with E-state index in [1.165, 1.54) is 4.80 Å². The van der Waals surface area contributed by atoms with E-state index in [9.17, 15) is 0 Å². The molecule has 1 fully saturated rings. The lowest BCUT2D eigenvalue weighted by atomic mass is 9.92. The molecular weight excluding hydrogens is 194 g/mol. The van der Waals surface area contributed by atoms with Crippen LogP contribution in [0.25, 0.3) is 0 Å². The van der Waals surface area contributed by atoms with Gasteiger partial charge in [0.2, 0.25) is 0 Å². The summed E-state index contributed by atoms with van der Waals surface area (Å²) in [6.07, 6.45) is 2.93. The Labute approximate surface area is 88.8 Å². The minimum absolute atomic E-state index is 0.0782. The number of aromatic nitrogens is 4. The molecule has 0 amide bonds. The third kappa shape index (κ3) is 2.73. The third-order valence-electron chi connectivity index (χ3n) is 2.77. The number of aryl methyl sites for hydroxylation is 1. The molecule has 2 unspecified atom stereocenters. The van der Waals surface area contributed by atoms with Crippen LogP contribution in [0.3, 0.4) is 0 Å². The number of hydrogen-bond donors (Lipinski definition) is 1. The summed E-state index contributed by atoms with van der Waals surface area (Å²) < 4.78 is 5.40. The molecule has 0 bridgehead atoms. The molecule has 1 aliphatic heterocycles. The first-order valence-electron chi connectivity index (χ1n) is 5.32. The average Bonchev–Trinajstić information content (AvgIpc) is 2.65. The average molecular weight is 211 g/mol. The van der Waals surface area contributed by atoms with Crippen LogP contribution >= 0.6 is 0 Å². The molecule has 15 heavy (non-hydrogen) atoms. The molecule has 1 saturated heterocycles. The van der Waals surface area contributed by atoms with E-state index < -0.39 is 0 Å². The zero-order valence-electron chi connectivity index (χ0n) is 8.96. The van der Waals surface area contributed by atoms with Gasteiger partial charge in [0.25, 0.3) is 0 Å². The molecule has 84 valence electrons. The second kappa shape index (κ2) is 4.67. The van der Waals surface area contributed by atoms with E-state index in [-0.39, 0.29) is 6.04 Å². The molecule has 6 heteroatoms. The topological polar surface area (TPSA) is 78.9 Å². The highest BCUT2D eigenvalue weighted by Gasteiger charge is 2.22. The monoisotopic (exact) mass is 211 g/mol. The lowest BCUT2D eigenvalue weighted by Crippen LogP contribution is -2.37. The highest BCUT2D eigenvalue weighted by atomic mass is 16.5. The van der Waals surface area contributed by atoms with E-state index in [2.05, 4.69) is 15.4 Å². The first kappa shape index (κ1) is 10.5. The number of rotatable bonds is 3. The van der Waals surface area contributed by atoms with Crippen molar-refractivity contribution >= 4 is 0 Å². The van der Waals surface area contributed by atoms with Gasteiger partial charge in [-0.3, -0.25) is 0 Å². The van der Waals surface area contributed by atoms with Crippen LogP contribution in [0.2, 0.25) is 0 Å². The maximum Gasteiger partial charge on any atom is 0.176 e. The summed E-state index contributed by atoms with van der Waals surface area (Å²) in [7, 11) is 1.76. The van der Waals surface area contributed by atoms with Gasteiger partial charge in [0.15, 0.2) is 5.82 Å². The molecule has 0 saturated carbocycles. The van der Waals surface area contributed by atoms with Crippen LogP contribution in [0.1, 0.15) is 18.7 Å². The van der Waals surface area contributed by atoms with Gasteiger partial charge in [-0.1, -0.05) is 0 Å². The van der Waals surface area contributed by atoms with Crippen molar-refractivity contribution in [3.05, 3.63) is 5.82 Å². The predicted octanol–water partition coefficient (Wildman–Crippen LogP) is -0.493.